The number of nitrogens with zero attached hydrogens (tertiary/aromatic N) is 2. The predicted molar refractivity (Wildman–Crippen MR) is 145 cm³/mol. The van der Waals surface area contributed by atoms with E-state index in [4.69, 9.17) is 4.74 Å². The number of pyridine rings is 2. The number of benzene rings is 2. The SMILES string of the molecule is CCOc1nc(C(F)F)ccc1-c1ccc2cnc(CNC(=O)c3cc(COC(F)F)cc(S(=O)(=O)C(F)F)c3)cc2c1F.[HH]. The molecule has 2 aromatic carbocycles. The molecule has 236 valence electrons. The topological polar surface area (TPSA) is 107 Å². The van der Waals surface area contributed by atoms with E-state index in [-0.39, 0.29) is 48.2 Å². The molecule has 16 heteroatoms. The summed E-state index contributed by atoms with van der Waals surface area (Å²) in [7, 11) is -5.19. The first kappa shape index (κ1) is 32.6. The number of halogens is 7. The second-order valence-corrected chi connectivity index (χ2v) is 11.0. The van der Waals surface area contributed by atoms with Crippen LogP contribution < -0.4 is 10.1 Å². The molecule has 1 amide bonds. The Morgan fingerprint density at radius 3 is 2.39 bits per heavy atom. The fraction of sp³-hybridized carbons (Fsp3) is 0.250. The van der Waals surface area contributed by atoms with E-state index in [1.54, 1.807) is 6.92 Å². The van der Waals surface area contributed by atoms with Crippen LogP contribution in [0.1, 0.15) is 42.1 Å². The van der Waals surface area contributed by atoms with Gasteiger partial charge in [-0.1, -0.05) is 12.1 Å². The molecule has 44 heavy (non-hydrogen) atoms. The summed E-state index contributed by atoms with van der Waals surface area (Å²) in [6.07, 6.45) is -1.57. The minimum absolute atomic E-state index is 0. The number of carbonyl (C=O) groups excluding carboxylic acids is 1. The highest BCUT2D eigenvalue weighted by atomic mass is 32.2. The number of fused-ring (bicyclic) bond motifs is 1. The molecule has 0 radical (unpaired) electrons. The van der Waals surface area contributed by atoms with Gasteiger partial charge in [0.2, 0.25) is 15.7 Å². The molecule has 0 aliphatic rings. The van der Waals surface area contributed by atoms with E-state index in [0.717, 1.165) is 12.1 Å². The van der Waals surface area contributed by atoms with Crippen LogP contribution in [0.4, 0.5) is 30.7 Å². The normalized spacial score (nSPS) is 12.0. The van der Waals surface area contributed by atoms with Gasteiger partial charge in [0.1, 0.15) is 11.5 Å². The second kappa shape index (κ2) is 13.5. The Morgan fingerprint density at radius 2 is 1.73 bits per heavy atom. The van der Waals surface area contributed by atoms with E-state index in [0.29, 0.717) is 17.5 Å². The van der Waals surface area contributed by atoms with Crippen LogP contribution >= 0.6 is 0 Å². The zero-order valence-corrected chi connectivity index (χ0v) is 23.4. The highest BCUT2D eigenvalue weighted by Gasteiger charge is 2.28. The summed E-state index contributed by atoms with van der Waals surface area (Å²) in [5.74, 6) is -5.77. The van der Waals surface area contributed by atoms with Crippen LogP contribution in [0.2, 0.25) is 0 Å². The highest BCUT2D eigenvalue weighted by molar-refractivity contribution is 7.91. The number of hydrogen-bond donors (Lipinski definition) is 1. The molecule has 0 aliphatic carbocycles. The van der Waals surface area contributed by atoms with Crippen molar-refractivity contribution >= 4 is 26.5 Å². The van der Waals surface area contributed by atoms with Crippen molar-refractivity contribution in [3.8, 4) is 17.0 Å². The summed E-state index contributed by atoms with van der Waals surface area (Å²) in [6, 6.07) is 8.88. The van der Waals surface area contributed by atoms with Gasteiger partial charge in [0.15, 0.2) is 0 Å². The van der Waals surface area contributed by atoms with Gasteiger partial charge in [-0.05, 0) is 48.9 Å². The summed E-state index contributed by atoms with van der Waals surface area (Å²) in [5.41, 5.74) is -1.05. The molecule has 2 heterocycles. The van der Waals surface area contributed by atoms with Crippen molar-refractivity contribution in [3.63, 3.8) is 0 Å². The van der Waals surface area contributed by atoms with Gasteiger partial charge < -0.3 is 14.8 Å². The van der Waals surface area contributed by atoms with Crippen molar-refractivity contribution in [1.29, 1.82) is 0 Å². The first-order valence-corrected chi connectivity index (χ1v) is 14.2. The quantitative estimate of drug-likeness (QED) is 0.171. The van der Waals surface area contributed by atoms with Crippen molar-refractivity contribution in [2.24, 2.45) is 0 Å². The van der Waals surface area contributed by atoms with Gasteiger partial charge in [-0.15, -0.1) is 0 Å². The Morgan fingerprint density at radius 1 is 1.00 bits per heavy atom. The van der Waals surface area contributed by atoms with E-state index >= 15 is 4.39 Å². The lowest BCUT2D eigenvalue weighted by atomic mass is 10.0. The van der Waals surface area contributed by atoms with Gasteiger partial charge in [0.05, 0.1) is 30.3 Å². The van der Waals surface area contributed by atoms with Crippen LogP contribution in [0.3, 0.4) is 0 Å². The smallest absolute Gasteiger partial charge is 0.345 e. The molecule has 0 bridgehead atoms. The molecule has 4 aromatic rings. The highest BCUT2D eigenvalue weighted by Crippen LogP contribution is 2.35. The van der Waals surface area contributed by atoms with Crippen molar-refractivity contribution in [3.05, 3.63) is 83.1 Å². The predicted octanol–water partition coefficient (Wildman–Crippen LogP) is 6.68. The first-order valence-electron chi connectivity index (χ1n) is 12.6. The third-order valence-electron chi connectivity index (χ3n) is 6.17. The number of aromatic nitrogens is 2. The Hall–Kier alpha value is -4.31. The number of alkyl halides is 6. The minimum Gasteiger partial charge on any atom is -0.478 e. The van der Waals surface area contributed by atoms with Gasteiger partial charge >= 0.3 is 12.4 Å². The number of ether oxygens (including phenoxy) is 2. The van der Waals surface area contributed by atoms with Gasteiger partial charge in [0, 0.05) is 35.1 Å². The number of amides is 1. The molecule has 0 spiro atoms. The summed E-state index contributed by atoms with van der Waals surface area (Å²) in [6.45, 7) is -2.78. The Bertz CT molecular complexity index is 1800. The van der Waals surface area contributed by atoms with Crippen LogP contribution in [0.5, 0.6) is 5.88 Å². The Kier molecular flexibility index (Phi) is 10.0. The summed E-state index contributed by atoms with van der Waals surface area (Å²) in [4.78, 5) is 19.8. The molecule has 0 fully saturated rings. The fourth-order valence-corrected chi connectivity index (χ4v) is 4.94. The zero-order valence-electron chi connectivity index (χ0n) is 22.5. The third-order valence-corrected chi connectivity index (χ3v) is 7.53. The average Bonchev–Trinajstić information content (AvgIpc) is 2.99. The Balaban J connectivity index is 0.00000552. The summed E-state index contributed by atoms with van der Waals surface area (Å²) in [5, 5.41) is 2.78. The van der Waals surface area contributed by atoms with Crippen LogP contribution in [-0.2, 0) is 27.7 Å². The minimum atomic E-state index is -5.19. The van der Waals surface area contributed by atoms with Crippen LogP contribution in [-0.4, -0.2) is 43.3 Å². The zero-order chi connectivity index (χ0) is 32.2. The molecular weight excluding hydrogens is 623 g/mol. The van der Waals surface area contributed by atoms with Crippen LogP contribution in [0.25, 0.3) is 21.9 Å². The molecule has 0 atom stereocenters. The maximum absolute atomic E-state index is 15.7. The summed E-state index contributed by atoms with van der Waals surface area (Å²) < 4.78 is 127. The van der Waals surface area contributed by atoms with E-state index < -0.39 is 63.1 Å². The van der Waals surface area contributed by atoms with Crippen LogP contribution in [0, 0.1) is 5.82 Å². The van der Waals surface area contributed by atoms with Gasteiger partial charge in [-0.25, -0.2) is 26.6 Å². The second-order valence-electron chi connectivity index (χ2n) is 9.07. The van der Waals surface area contributed by atoms with Crippen molar-refractivity contribution in [1.82, 2.24) is 15.3 Å². The van der Waals surface area contributed by atoms with Crippen molar-refractivity contribution < 1.29 is 54.8 Å². The van der Waals surface area contributed by atoms with Crippen molar-refractivity contribution in [2.75, 3.05) is 6.61 Å². The number of sulfone groups is 1. The molecule has 0 saturated heterocycles. The molecule has 8 nitrogen and oxygen atoms in total. The van der Waals surface area contributed by atoms with Gasteiger partial charge in [-0.2, -0.15) is 17.6 Å². The fourth-order valence-electron chi connectivity index (χ4n) is 4.13. The number of rotatable bonds is 12. The molecule has 0 saturated carbocycles. The molecule has 4 rings (SSSR count). The largest absolute Gasteiger partial charge is 0.478 e. The van der Waals surface area contributed by atoms with E-state index in [9.17, 15) is 39.6 Å². The van der Waals surface area contributed by atoms with E-state index in [2.05, 4.69) is 20.0 Å². The van der Waals surface area contributed by atoms with Gasteiger partial charge in [0.25, 0.3) is 12.3 Å². The molecule has 2 aromatic heterocycles. The van der Waals surface area contributed by atoms with Crippen LogP contribution in [0.15, 0.2) is 59.6 Å². The molecule has 0 unspecified atom stereocenters. The monoisotopic (exact) mass is 647 g/mol. The standard InChI is InChI=1S/C28H22F7N3O5S.H2/c1-2-42-26-20(5-6-22(38-26)24(30)31)19-4-3-15-11-36-17(10-21(15)23(19)29)12-37-25(39)16-7-14(13-43-27(32)33)8-18(9-16)44(40,41)28(34)35;/h3-11,24,27-28H,2,12-13H2,1H3,(H,37,39);1H. The lowest BCUT2D eigenvalue weighted by Crippen LogP contribution is -2.24. The molecule has 1 N–H and O–H groups in total. The third kappa shape index (κ3) is 7.24. The maximum atomic E-state index is 15.7. The lowest BCUT2D eigenvalue weighted by molar-refractivity contribution is -0.137. The average molecular weight is 648 g/mol. The molecule has 0 aliphatic heterocycles. The van der Waals surface area contributed by atoms with E-state index in [1.165, 1.54) is 30.5 Å². The van der Waals surface area contributed by atoms with Crippen molar-refractivity contribution in [2.45, 2.75) is 43.8 Å². The number of carbonyl (C=O) groups is 1. The lowest BCUT2D eigenvalue weighted by Gasteiger charge is -2.13. The Labute approximate surface area is 247 Å². The van der Waals surface area contributed by atoms with Gasteiger partial charge in [-0.3, -0.25) is 9.78 Å². The number of nitrogens with one attached hydrogen (secondary N) is 1. The first-order chi connectivity index (χ1) is 20.8. The van der Waals surface area contributed by atoms with E-state index in [1.807, 2.05) is 0 Å². The molecular formula is C28H24F7N3O5S. The maximum Gasteiger partial charge on any atom is 0.345 e. The number of hydrogen-bond acceptors (Lipinski definition) is 7. The summed E-state index contributed by atoms with van der Waals surface area (Å²) >= 11 is 0.